The first-order valence-electron chi connectivity index (χ1n) is 7.23. The second kappa shape index (κ2) is 6.15. The molecule has 0 unspecified atom stereocenters. The van der Waals surface area contributed by atoms with Gasteiger partial charge in [-0.1, -0.05) is 13.8 Å². The van der Waals surface area contributed by atoms with Gasteiger partial charge < -0.3 is 9.47 Å². The molecule has 2 aromatic heterocycles. The van der Waals surface area contributed by atoms with E-state index >= 15 is 0 Å². The van der Waals surface area contributed by atoms with Crippen LogP contribution in [0.15, 0.2) is 18.3 Å². The zero-order chi connectivity index (χ0) is 13.8. The predicted octanol–water partition coefficient (Wildman–Crippen LogP) is 3.03. The highest BCUT2D eigenvalue weighted by atomic mass is 15.1. The fourth-order valence-corrected chi connectivity index (χ4v) is 2.63. The van der Waals surface area contributed by atoms with Crippen molar-refractivity contribution in [2.24, 2.45) is 0 Å². The van der Waals surface area contributed by atoms with Crippen LogP contribution < -0.4 is 0 Å². The second-order valence-corrected chi connectivity index (χ2v) is 5.01. The maximum Gasteiger partial charge on any atom is 0.111 e. The minimum atomic E-state index is 0.618. The predicted molar refractivity (Wildman–Crippen MR) is 79.4 cm³/mol. The number of aromatic nitrogens is 3. The van der Waals surface area contributed by atoms with Gasteiger partial charge in [-0.2, -0.15) is 5.10 Å². The molecule has 0 bridgehead atoms. The summed E-state index contributed by atoms with van der Waals surface area (Å²) in [5, 5.41) is 8.34. The van der Waals surface area contributed by atoms with Crippen LogP contribution in [-0.2, 0) is 0 Å². The lowest BCUT2D eigenvalue weighted by atomic mass is 10.1. The molecule has 1 fully saturated rings. The smallest absolute Gasteiger partial charge is 0.111 e. The van der Waals surface area contributed by atoms with Gasteiger partial charge in [-0.25, -0.2) is 0 Å². The van der Waals surface area contributed by atoms with Crippen LogP contribution in [0.5, 0.6) is 0 Å². The van der Waals surface area contributed by atoms with Gasteiger partial charge in [0.1, 0.15) is 5.52 Å². The molecule has 104 valence electrons. The minimum Gasteiger partial charge on any atom is -0.343 e. The van der Waals surface area contributed by atoms with Gasteiger partial charge in [0.2, 0.25) is 0 Å². The molecule has 0 amide bonds. The number of hydrogen-bond acceptors (Lipinski definition) is 3. The number of fused-ring (bicyclic) bond motifs is 1. The quantitative estimate of drug-likeness (QED) is 0.790. The van der Waals surface area contributed by atoms with E-state index < -0.39 is 0 Å². The van der Waals surface area contributed by atoms with E-state index in [2.05, 4.69) is 45.0 Å². The molecule has 0 aliphatic carbocycles. The Bertz CT molecular complexity index is 524. The van der Waals surface area contributed by atoms with Crippen molar-refractivity contribution in [2.45, 2.75) is 39.7 Å². The Balaban J connectivity index is 0.000000637. The molecule has 0 aromatic carbocycles. The first-order chi connectivity index (χ1) is 9.24. The van der Waals surface area contributed by atoms with Crippen molar-refractivity contribution in [3.8, 4) is 0 Å². The zero-order valence-electron chi connectivity index (χ0n) is 12.4. The maximum atomic E-state index is 4.23. The summed E-state index contributed by atoms with van der Waals surface area (Å²) in [4.78, 5) is 2.40. The van der Waals surface area contributed by atoms with Crippen LogP contribution in [0.25, 0.3) is 11.0 Å². The van der Waals surface area contributed by atoms with Crippen molar-refractivity contribution in [2.75, 3.05) is 20.1 Å². The van der Waals surface area contributed by atoms with Crippen molar-refractivity contribution in [3.05, 3.63) is 24.0 Å². The fourth-order valence-electron chi connectivity index (χ4n) is 2.63. The molecule has 0 N–H and O–H groups in total. The Kier molecular flexibility index (Phi) is 4.53. The number of likely N-dealkylation sites (tertiary alicyclic amines) is 1. The highest BCUT2D eigenvalue weighted by Gasteiger charge is 2.19. The summed E-state index contributed by atoms with van der Waals surface area (Å²) >= 11 is 0. The summed E-state index contributed by atoms with van der Waals surface area (Å²) in [6.45, 7) is 8.36. The molecule has 1 aliphatic rings. The van der Waals surface area contributed by atoms with E-state index in [0.717, 1.165) is 11.2 Å². The second-order valence-electron chi connectivity index (χ2n) is 5.01. The standard InChI is InChI=1S/C13H18N4.C2H6/c1-10-9-13-12(15-14-10)5-8-17(13)11-3-6-16(2)7-4-11;1-2/h5,8-9,11H,3-4,6-7H2,1-2H3;1-2H3. The van der Waals surface area contributed by atoms with Gasteiger partial charge in [-0.05, 0) is 52.0 Å². The lowest BCUT2D eigenvalue weighted by molar-refractivity contribution is 0.224. The molecule has 0 atom stereocenters. The van der Waals surface area contributed by atoms with Crippen LogP contribution in [0, 0.1) is 6.92 Å². The molecule has 3 rings (SSSR count). The summed E-state index contributed by atoms with van der Waals surface area (Å²) in [5.41, 5.74) is 3.23. The number of nitrogens with zero attached hydrogens (tertiary/aromatic N) is 4. The first-order valence-corrected chi connectivity index (χ1v) is 7.23. The molecule has 1 aliphatic heterocycles. The Labute approximate surface area is 115 Å². The minimum absolute atomic E-state index is 0.618. The van der Waals surface area contributed by atoms with Crippen LogP contribution >= 0.6 is 0 Å². The Morgan fingerprint density at radius 3 is 2.53 bits per heavy atom. The number of piperidine rings is 1. The third-order valence-corrected chi connectivity index (χ3v) is 3.68. The van der Waals surface area contributed by atoms with E-state index in [0.29, 0.717) is 6.04 Å². The van der Waals surface area contributed by atoms with Crippen molar-refractivity contribution in [3.63, 3.8) is 0 Å². The average Bonchev–Trinajstić information content (AvgIpc) is 2.85. The van der Waals surface area contributed by atoms with Crippen molar-refractivity contribution < 1.29 is 0 Å². The molecule has 1 saturated heterocycles. The highest BCUT2D eigenvalue weighted by molar-refractivity contribution is 5.75. The molecular weight excluding hydrogens is 236 g/mol. The van der Waals surface area contributed by atoms with E-state index in [1.54, 1.807) is 0 Å². The summed E-state index contributed by atoms with van der Waals surface area (Å²) < 4.78 is 2.38. The number of aryl methyl sites for hydroxylation is 1. The van der Waals surface area contributed by atoms with Crippen LogP contribution in [0.1, 0.15) is 38.4 Å². The molecular formula is C15H24N4. The van der Waals surface area contributed by atoms with Crippen LogP contribution in [0.3, 0.4) is 0 Å². The Morgan fingerprint density at radius 2 is 1.84 bits per heavy atom. The Morgan fingerprint density at radius 1 is 1.16 bits per heavy atom. The molecule has 4 heteroatoms. The van der Waals surface area contributed by atoms with Gasteiger partial charge >= 0.3 is 0 Å². The van der Waals surface area contributed by atoms with Gasteiger partial charge in [0.15, 0.2) is 0 Å². The van der Waals surface area contributed by atoms with Gasteiger partial charge in [0.05, 0.1) is 11.2 Å². The van der Waals surface area contributed by atoms with Crippen molar-refractivity contribution in [1.82, 2.24) is 19.7 Å². The van der Waals surface area contributed by atoms with Gasteiger partial charge in [0.25, 0.3) is 0 Å². The first kappa shape index (κ1) is 14.0. The average molecular weight is 260 g/mol. The van der Waals surface area contributed by atoms with Gasteiger partial charge in [-0.3, -0.25) is 0 Å². The van der Waals surface area contributed by atoms with E-state index in [9.17, 15) is 0 Å². The lowest BCUT2D eigenvalue weighted by Gasteiger charge is -2.30. The van der Waals surface area contributed by atoms with Gasteiger partial charge in [-0.15, -0.1) is 5.10 Å². The number of rotatable bonds is 1. The molecule has 0 spiro atoms. The summed E-state index contributed by atoms with van der Waals surface area (Å²) in [6.07, 6.45) is 4.61. The molecule has 4 nitrogen and oxygen atoms in total. The van der Waals surface area contributed by atoms with Gasteiger partial charge in [0, 0.05) is 12.2 Å². The fraction of sp³-hybridized carbons (Fsp3) is 0.600. The molecule has 2 aromatic rings. The van der Waals surface area contributed by atoms with Crippen LogP contribution in [0.2, 0.25) is 0 Å². The van der Waals surface area contributed by atoms with E-state index in [1.807, 2.05) is 20.8 Å². The van der Waals surface area contributed by atoms with E-state index in [-0.39, 0.29) is 0 Å². The monoisotopic (exact) mass is 260 g/mol. The van der Waals surface area contributed by atoms with E-state index in [1.165, 1.54) is 31.4 Å². The largest absolute Gasteiger partial charge is 0.343 e. The van der Waals surface area contributed by atoms with Crippen LogP contribution in [0.4, 0.5) is 0 Å². The molecule has 19 heavy (non-hydrogen) atoms. The third-order valence-electron chi connectivity index (χ3n) is 3.68. The number of hydrogen-bond donors (Lipinski definition) is 0. The molecule has 0 radical (unpaired) electrons. The van der Waals surface area contributed by atoms with Crippen molar-refractivity contribution >= 4 is 11.0 Å². The summed E-state index contributed by atoms with van der Waals surface area (Å²) in [6, 6.07) is 4.83. The topological polar surface area (TPSA) is 34.0 Å². The third kappa shape index (κ3) is 2.95. The lowest BCUT2D eigenvalue weighted by Crippen LogP contribution is -2.31. The zero-order valence-corrected chi connectivity index (χ0v) is 12.4. The van der Waals surface area contributed by atoms with E-state index in [4.69, 9.17) is 0 Å². The van der Waals surface area contributed by atoms with Crippen molar-refractivity contribution in [1.29, 1.82) is 0 Å². The highest BCUT2D eigenvalue weighted by Crippen LogP contribution is 2.26. The SMILES string of the molecule is CC.Cc1cc2c(ccn2C2CCN(C)CC2)nn1. The molecule has 0 saturated carbocycles. The molecule has 3 heterocycles. The Hall–Kier alpha value is -1.42. The van der Waals surface area contributed by atoms with Crippen LogP contribution in [-0.4, -0.2) is 39.8 Å². The normalized spacial score (nSPS) is 17.3. The maximum absolute atomic E-state index is 4.23. The summed E-state index contributed by atoms with van der Waals surface area (Å²) in [5.74, 6) is 0. The summed E-state index contributed by atoms with van der Waals surface area (Å²) in [7, 11) is 2.19.